The van der Waals surface area contributed by atoms with Gasteiger partial charge in [-0.25, -0.2) is 0 Å². The first-order valence-electron chi connectivity index (χ1n) is 30.4. The number of rotatable bonds is 57. The second-order valence-corrected chi connectivity index (χ2v) is 21.0. The van der Waals surface area contributed by atoms with E-state index in [1.807, 2.05) is 0 Å². The third-order valence-electron chi connectivity index (χ3n) is 14.3. The monoisotopic (exact) mass is 946 g/mol. The van der Waals surface area contributed by atoms with E-state index in [1.165, 1.54) is 270 Å². The number of unbranched alkanes of at least 4 members (excludes halogenated alkanes) is 44. The number of nitrogens with one attached hydrogen (secondary N) is 1. The molecular weight excluding hydrogens is 827 g/mol. The van der Waals surface area contributed by atoms with Crippen LogP contribution in [-0.2, 0) is 14.3 Å². The molecule has 2 atom stereocenters. The van der Waals surface area contributed by atoms with Crippen molar-refractivity contribution in [2.75, 3.05) is 13.2 Å². The van der Waals surface area contributed by atoms with Gasteiger partial charge in [-0.05, 0) is 51.4 Å². The van der Waals surface area contributed by atoms with Crippen LogP contribution in [0.25, 0.3) is 0 Å². The minimum absolute atomic E-state index is 0.0148. The molecule has 6 nitrogen and oxygen atoms in total. The first kappa shape index (κ1) is 65.6. The molecule has 0 aromatic rings. The number of hydrogen-bond acceptors (Lipinski definition) is 5. The number of carbonyl (C=O) groups excluding carboxylic acids is 2. The summed E-state index contributed by atoms with van der Waals surface area (Å²) in [6.45, 7) is 4.96. The van der Waals surface area contributed by atoms with Crippen molar-refractivity contribution in [3.63, 3.8) is 0 Å². The lowest BCUT2D eigenvalue weighted by molar-refractivity contribution is -0.143. The van der Waals surface area contributed by atoms with E-state index < -0.39 is 12.1 Å². The highest BCUT2D eigenvalue weighted by atomic mass is 16.5. The molecule has 0 aromatic carbocycles. The normalized spacial score (nSPS) is 12.6. The molecule has 67 heavy (non-hydrogen) atoms. The molecule has 0 heterocycles. The zero-order valence-corrected chi connectivity index (χ0v) is 45.4. The Hall–Kier alpha value is -1.40. The van der Waals surface area contributed by atoms with Crippen LogP contribution >= 0.6 is 0 Å². The smallest absolute Gasteiger partial charge is 0.305 e. The summed E-state index contributed by atoms with van der Waals surface area (Å²) < 4.78 is 5.50. The molecule has 0 aliphatic rings. The molecule has 0 spiro atoms. The third kappa shape index (κ3) is 53.8. The molecule has 2 unspecified atom stereocenters. The van der Waals surface area contributed by atoms with Gasteiger partial charge in [0.05, 0.1) is 25.4 Å². The first-order valence-corrected chi connectivity index (χ1v) is 30.4. The van der Waals surface area contributed by atoms with E-state index in [9.17, 15) is 19.8 Å². The van der Waals surface area contributed by atoms with Crippen molar-refractivity contribution < 1.29 is 24.5 Å². The van der Waals surface area contributed by atoms with E-state index in [2.05, 4.69) is 31.3 Å². The Morgan fingerprint density at radius 2 is 0.701 bits per heavy atom. The summed E-state index contributed by atoms with van der Waals surface area (Å²) in [5.41, 5.74) is 0. The SMILES string of the molecule is CCCCCCCCCCCCCCCCCCCCC(=O)OCCCCCCCCCCCCC/C=C\CCCCCCCCCC(=O)NC(CO)C(O)CCCCCCCCCCCC. The number of amides is 1. The molecule has 0 aliphatic heterocycles. The maximum absolute atomic E-state index is 12.4. The Balaban J connectivity index is 3.36. The number of hydrogen-bond donors (Lipinski definition) is 3. The van der Waals surface area contributed by atoms with Crippen molar-refractivity contribution in [3.8, 4) is 0 Å². The van der Waals surface area contributed by atoms with Gasteiger partial charge in [0.2, 0.25) is 5.91 Å². The summed E-state index contributed by atoms with van der Waals surface area (Å²) in [6, 6.07) is -0.544. The standard InChI is InChI=1S/C61H119NO5/c1-3-5-7-9-11-13-15-16-17-18-26-29-32-35-39-43-47-51-55-61(66)67-56-52-48-44-40-36-33-30-27-24-22-20-19-21-23-25-28-31-34-38-42-46-50-54-60(65)62-58(57-63)59(64)53-49-45-41-37-14-12-10-8-6-4-2/h21,23,58-59,63-64H,3-20,22,24-57H2,1-2H3,(H,62,65)/b23-21-. The van der Waals surface area contributed by atoms with Crippen molar-refractivity contribution in [1.82, 2.24) is 5.32 Å². The Kier molecular flexibility index (Phi) is 56.0. The highest BCUT2D eigenvalue weighted by Gasteiger charge is 2.20. The Morgan fingerprint density at radius 1 is 0.403 bits per heavy atom. The van der Waals surface area contributed by atoms with Crippen LogP contribution in [0.4, 0.5) is 0 Å². The third-order valence-corrected chi connectivity index (χ3v) is 14.3. The van der Waals surface area contributed by atoms with Gasteiger partial charge in [-0.2, -0.15) is 0 Å². The molecule has 1 amide bonds. The van der Waals surface area contributed by atoms with Crippen molar-refractivity contribution in [1.29, 1.82) is 0 Å². The molecule has 3 N–H and O–H groups in total. The number of carbonyl (C=O) groups is 2. The fourth-order valence-corrected chi connectivity index (χ4v) is 9.64. The van der Waals surface area contributed by atoms with Gasteiger partial charge in [-0.15, -0.1) is 0 Å². The summed E-state index contributed by atoms with van der Waals surface area (Å²) in [7, 11) is 0. The predicted molar refractivity (Wildman–Crippen MR) is 292 cm³/mol. The van der Waals surface area contributed by atoms with Gasteiger partial charge in [0.25, 0.3) is 0 Å². The molecule has 0 aromatic heterocycles. The second kappa shape index (κ2) is 57.2. The highest BCUT2D eigenvalue weighted by Crippen LogP contribution is 2.18. The van der Waals surface area contributed by atoms with E-state index in [4.69, 9.17) is 4.74 Å². The van der Waals surface area contributed by atoms with E-state index in [0.29, 0.717) is 25.9 Å². The van der Waals surface area contributed by atoms with Crippen LogP contribution in [0.2, 0.25) is 0 Å². The van der Waals surface area contributed by atoms with Crippen LogP contribution in [0.5, 0.6) is 0 Å². The zero-order chi connectivity index (χ0) is 48.6. The lowest BCUT2D eigenvalue weighted by Gasteiger charge is -2.22. The van der Waals surface area contributed by atoms with E-state index in [0.717, 1.165) is 38.5 Å². The quantitative estimate of drug-likeness (QED) is 0.0321. The number of aliphatic hydroxyl groups is 2. The highest BCUT2D eigenvalue weighted by molar-refractivity contribution is 5.76. The van der Waals surface area contributed by atoms with Gasteiger partial charge >= 0.3 is 5.97 Å². The lowest BCUT2D eigenvalue weighted by atomic mass is 10.0. The molecular formula is C61H119NO5. The minimum atomic E-state index is -0.666. The van der Waals surface area contributed by atoms with Crippen molar-refractivity contribution in [3.05, 3.63) is 12.2 Å². The maximum Gasteiger partial charge on any atom is 0.305 e. The lowest BCUT2D eigenvalue weighted by Crippen LogP contribution is -2.45. The summed E-state index contributed by atoms with van der Waals surface area (Å²) in [5.74, 6) is -0.0276. The van der Waals surface area contributed by atoms with Crippen LogP contribution in [0.15, 0.2) is 12.2 Å². The molecule has 0 radical (unpaired) electrons. The fraction of sp³-hybridized carbons (Fsp3) is 0.934. The molecule has 0 saturated heterocycles. The van der Waals surface area contributed by atoms with Crippen molar-refractivity contribution >= 4 is 11.9 Å². The Morgan fingerprint density at radius 3 is 1.06 bits per heavy atom. The van der Waals surface area contributed by atoms with Gasteiger partial charge < -0.3 is 20.3 Å². The predicted octanol–water partition coefficient (Wildman–Crippen LogP) is 18.9. The van der Waals surface area contributed by atoms with Gasteiger partial charge in [-0.1, -0.05) is 289 Å². The van der Waals surface area contributed by atoms with E-state index >= 15 is 0 Å². The summed E-state index contributed by atoms with van der Waals surface area (Å²) >= 11 is 0. The topological polar surface area (TPSA) is 95.9 Å². The number of ether oxygens (including phenoxy) is 1. The molecule has 398 valence electrons. The summed E-state index contributed by atoms with van der Waals surface area (Å²) in [5, 5.41) is 23.1. The van der Waals surface area contributed by atoms with Crippen molar-refractivity contribution in [2.45, 2.75) is 353 Å². The van der Waals surface area contributed by atoms with E-state index in [-0.39, 0.29) is 18.5 Å². The zero-order valence-electron chi connectivity index (χ0n) is 45.4. The average molecular weight is 947 g/mol. The summed E-state index contributed by atoms with van der Waals surface area (Å²) in [4.78, 5) is 24.5. The second-order valence-electron chi connectivity index (χ2n) is 21.0. The largest absolute Gasteiger partial charge is 0.466 e. The molecule has 0 aliphatic carbocycles. The Labute approximate surface area is 419 Å². The van der Waals surface area contributed by atoms with Gasteiger partial charge in [0, 0.05) is 12.8 Å². The Bertz CT molecular complexity index is 1000. The van der Waals surface area contributed by atoms with Crippen LogP contribution in [0.1, 0.15) is 341 Å². The fourth-order valence-electron chi connectivity index (χ4n) is 9.64. The molecule has 0 saturated carbocycles. The molecule has 0 fully saturated rings. The van der Waals surface area contributed by atoms with Crippen LogP contribution in [0.3, 0.4) is 0 Å². The number of esters is 1. The van der Waals surface area contributed by atoms with E-state index in [1.54, 1.807) is 0 Å². The average Bonchev–Trinajstić information content (AvgIpc) is 3.33. The van der Waals surface area contributed by atoms with Crippen LogP contribution in [0, 0.1) is 0 Å². The maximum atomic E-state index is 12.4. The van der Waals surface area contributed by atoms with Crippen LogP contribution in [-0.4, -0.2) is 47.4 Å². The number of allylic oxidation sites excluding steroid dienone is 2. The summed E-state index contributed by atoms with van der Waals surface area (Å²) in [6.07, 6.45) is 68.0. The van der Waals surface area contributed by atoms with Crippen molar-refractivity contribution in [2.24, 2.45) is 0 Å². The number of aliphatic hydroxyl groups excluding tert-OH is 2. The van der Waals surface area contributed by atoms with Gasteiger partial charge in [0.15, 0.2) is 0 Å². The first-order chi connectivity index (χ1) is 33.0. The molecule has 0 bridgehead atoms. The van der Waals surface area contributed by atoms with Gasteiger partial charge in [0.1, 0.15) is 0 Å². The van der Waals surface area contributed by atoms with Gasteiger partial charge in [-0.3, -0.25) is 9.59 Å². The molecule has 6 heteroatoms. The minimum Gasteiger partial charge on any atom is -0.466 e. The molecule has 0 rings (SSSR count). The van der Waals surface area contributed by atoms with Crippen LogP contribution < -0.4 is 5.32 Å².